The van der Waals surface area contributed by atoms with Crippen molar-refractivity contribution in [3.05, 3.63) is 11.1 Å². The van der Waals surface area contributed by atoms with Gasteiger partial charge in [0.2, 0.25) is 0 Å². The summed E-state index contributed by atoms with van der Waals surface area (Å²) in [5.41, 5.74) is 0. The summed E-state index contributed by atoms with van der Waals surface area (Å²) in [6.07, 6.45) is 8.70. The lowest BCUT2D eigenvalue weighted by Gasteiger charge is -2.29. The molecule has 0 aliphatic carbocycles. The molecule has 2 rings (SSSR count). The number of carboxylic acids is 1. The van der Waals surface area contributed by atoms with Crippen LogP contribution in [-0.4, -0.2) is 29.1 Å². The van der Waals surface area contributed by atoms with Crippen LogP contribution in [0.3, 0.4) is 0 Å². The molecule has 0 aromatic carbocycles. The molecule has 0 spiro atoms. The molecule has 1 aromatic rings. The number of aromatic carboxylic acids is 1. The molecule has 0 atom stereocenters. The fourth-order valence-electron chi connectivity index (χ4n) is 1.75. The van der Waals surface area contributed by atoms with Crippen molar-refractivity contribution in [1.29, 1.82) is 0 Å². The Morgan fingerprint density at radius 2 is 2.31 bits per heavy atom. The Kier molecular flexibility index (Phi) is 3.11. The SMILES string of the molecule is C#CC1CCN(c2ncc(C(=O)O)s2)CC1. The minimum atomic E-state index is -0.915. The van der Waals surface area contributed by atoms with Crippen molar-refractivity contribution >= 4 is 22.4 Å². The van der Waals surface area contributed by atoms with Crippen molar-refractivity contribution in [2.75, 3.05) is 18.0 Å². The monoisotopic (exact) mass is 236 g/mol. The third-order valence-corrected chi connectivity index (χ3v) is 3.75. The second kappa shape index (κ2) is 4.54. The van der Waals surface area contributed by atoms with Gasteiger partial charge in [-0.3, -0.25) is 0 Å². The van der Waals surface area contributed by atoms with Gasteiger partial charge in [-0.05, 0) is 12.8 Å². The Bertz CT molecular complexity index is 427. The van der Waals surface area contributed by atoms with Crippen molar-refractivity contribution < 1.29 is 9.90 Å². The van der Waals surface area contributed by atoms with Crippen LogP contribution in [0.5, 0.6) is 0 Å². The Labute approximate surface area is 97.9 Å². The number of rotatable bonds is 2. The third-order valence-electron chi connectivity index (χ3n) is 2.71. The molecule has 0 amide bonds. The van der Waals surface area contributed by atoms with Gasteiger partial charge in [0, 0.05) is 19.0 Å². The van der Waals surface area contributed by atoms with Crippen LogP contribution in [0.1, 0.15) is 22.5 Å². The highest BCUT2D eigenvalue weighted by Gasteiger charge is 2.20. The fourth-order valence-corrected chi connectivity index (χ4v) is 2.55. The molecule has 1 aliphatic rings. The van der Waals surface area contributed by atoms with E-state index in [0.29, 0.717) is 5.92 Å². The summed E-state index contributed by atoms with van der Waals surface area (Å²) in [5.74, 6) is 2.20. The highest BCUT2D eigenvalue weighted by Crippen LogP contribution is 2.26. The fraction of sp³-hybridized carbons (Fsp3) is 0.455. The van der Waals surface area contributed by atoms with Crippen molar-refractivity contribution in [1.82, 2.24) is 4.98 Å². The zero-order valence-corrected chi connectivity index (χ0v) is 9.54. The van der Waals surface area contributed by atoms with Crippen LogP contribution in [0.15, 0.2) is 6.20 Å². The average molecular weight is 236 g/mol. The summed E-state index contributed by atoms with van der Waals surface area (Å²) in [4.78, 5) is 17.2. The van der Waals surface area contributed by atoms with E-state index in [9.17, 15) is 4.79 Å². The molecule has 5 heteroatoms. The van der Waals surface area contributed by atoms with E-state index in [4.69, 9.17) is 11.5 Å². The lowest BCUT2D eigenvalue weighted by atomic mass is 9.98. The minimum absolute atomic E-state index is 0.286. The first-order chi connectivity index (χ1) is 7.70. The summed E-state index contributed by atoms with van der Waals surface area (Å²) in [6, 6.07) is 0. The van der Waals surface area contributed by atoms with Gasteiger partial charge in [-0.2, -0.15) is 0 Å². The van der Waals surface area contributed by atoms with Crippen molar-refractivity contribution in [3.8, 4) is 12.3 Å². The van der Waals surface area contributed by atoms with Crippen LogP contribution < -0.4 is 4.90 Å². The van der Waals surface area contributed by atoms with Crippen LogP contribution in [0.25, 0.3) is 0 Å². The number of aromatic nitrogens is 1. The maximum Gasteiger partial charge on any atom is 0.347 e. The molecule has 0 saturated carbocycles. The van der Waals surface area contributed by atoms with E-state index in [2.05, 4.69) is 15.8 Å². The van der Waals surface area contributed by atoms with Gasteiger partial charge in [0.15, 0.2) is 5.13 Å². The third kappa shape index (κ3) is 2.17. The molecule has 1 aliphatic heterocycles. The van der Waals surface area contributed by atoms with Crippen LogP contribution >= 0.6 is 11.3 Å². The minimum Gasteiger partial charge on any atom is -0.477 e. The van der Waals surface area contributed by atoms with Crippen LogP contribution in [0.2, 0.25) is 0 Å². The number of terminal acetylenes is 1. The Balaban J connectivity index is 2.03. The number of carbonyl (C=O) groups is 1. The van der Waals surface area contributed by atoms with Crippen LogP contribution in [0.4, 0.5) is 5.13 Å². The molecule has 1 saturated heterocycles. The summed E-state index contributed by atoms with van der Waals surface area (Å²) in [6.45, 7) is 1.73. The van der Waals surface area contributed by atoms with Gasteiger partial charge >= 0.3 is 5.97 Å². The second-order valence-corrected chi connectivity index (χ2v) is 4.75. The molecule has 4 nitrogen and oxygen atoms in total. The molecule has 0 bridgehead atoms. The standard InChI is InChI=1S/C11H12N2O2S/c1-2-8-3-5-13(6-4-8)11-12-7-9(16-11)10(14)15/h1,7-8H,3-6H2,(H,14,15). The summed E-state index contributed by atoms with van der Waals surface area (Å²) < 4.78 is 0. The van der Waals surface area contributed by atoms with E-state index in [1.165, 1.54) is 17.5 Å². The first-order valence-electron chi connectivity index (χ1n) is 5.11. The molecule has 2 heterocycles. The lowest BCUT2D eigenvalue weighted by Crippen LogP contribution is -2.33. The average Bonchev–Trinajstić information content (AvgIpc) is 2.78. The number of anilines is 1. The second-order valence-electron chi connectivity index (χ2n) is 3.74. The number of piperidine rings is 1. The highest BCUT2D eigenvalue weighted by molar-refractivity contribution is 7.17. The number of nitrogens with zero attached hydrogens (tertiary/aromatic N) is 2. The number of carboxylic acid groups (broad SMARTS) is 1. The maximum atomic E-state index is 10.7. The summed E-state index contributed by atoms with van der Waals surface area (Å²) >= 11 is 1.22. The van der Waals surface area contributed by atoms with Gasteiger partial charge < -0.3 is 10.0 Å². The summed E-state index contributed by atoms with van der Waals surface area (Å²) in [5, 5.41) is 9.59. The van der Waals surface area contributed by atoms with Gasteiger partial charge in [0.25, 0.3) is 0 Å². The zero-order chi connectivity index (χ0) is 11.5. The largest absolute Gasteiger partial charge is 0.477 e. The predicted octanol–water partition coefficient (Wildman–Crippen LogP) is 1.69. The molecular formula is C11H12N2O2S. The van der Waals surface area contributed by atoms with Crippen LogP contribution in [0, 0.1) is 18.3 Å². The van der Waals surface area contributed by atoms with Crippen molar-refractivity contribution in [3.63, 3.8) is 0 Å². The summed E-state index contributed by atoms with van der Waals surface area (Å²) in [7, 11) is 0. The van der Waals surface area contributed by atoms with E-state index in [0.717, 1.165) is 31.1 Å². The predicted molar refractivity (Wildman–Crippen MR) is 62.8 cm³/mol. The van der Waals surface area contributed by atoms with Crippen LogP contribution in [-0.2, 0) is 0 Å². The first kappa shape index (κ1) is 11.0. The van der Waals surface area contributed by atoms with E-state index in [-0.39, 0.29) is 4.88 Å². The highest BCUT2D eigenvalue weighted by atomic mass is 32.1. The molecule has 16 heavy (non-hydrogen) atoms. The first-order valence-corrected chi connectivity index (χ1v) is 5.92. The molecule has 0 unspecified atom stereocenters. The molecule has 0 radical (unpaired) electrons. The van der Waals surface area contributed by atoms with E-state index < -0.39 is 5.97 Å². The molecule has 84 valence electrons. The number of hydrogen-bond acceptors (Lipinski definition) is 4. The van der Waals surface area contributed by atoms with Gasteiger partial charge in [0.05, 0.1) is 6.20 Å². The quantitative estimate of drug-likeness (QED) is 0.794. The zero-order valence-electron chi connectivity index (χ0n) is 8.72. The van der Waals surface area contributed by atoms with Crippen molar-refractivity contribution in [2.24, 2.45) is 5.92 Å². The Morgan fingerprint density at radius 1 is 1.62 bits per heavy atom. The molecule has 1 N–H and O–H groups in total. The Hall–Kier alpha value is -1.54. The van der Waals surface area contributed by atoms with E-state index >= 15 is 0 Å². The van der Waals surface area contributed by atoms with Gasteiger partial charge in [-0.15, -0.1) is 12.3 Å². The van der Waals surface area contributed by atoms with E-state index in [1.807, 2.05) is 0 Å². The van der Waals surface area contributed by atoms with Gasteiger partial charge in [-0.25, -0.2) is 9.78 Å². The lowest BCUT2D eigenvalue weighted by molar-refractivity contribution is 0.0702. The maximum absolute atomic E-state index is 10.7. The number of hydrogen-bond donors (Lipinski definition) is 1. The molecule has 1 aromatic heterocycles. The van der Waals surface area contributed by atoms with Gasteiger partial charge in [0.1, 0.15) is 4.88 Å². The van der Waals surface area contributed by atoms with Gasteiger partial charge in [-0.1, -0.05) is 11.3 Å². The Morgan fingerprint density at radius 3 is 2.81 bits per heavy atom. The normalized spacial score (nSPS) is 17.1. The smallest absolute Gasteiger partial charge is 0.347 e. The number of thiazole rings is 1. The van der Waals surface area contributed by atoms with Crippen molar-refractivity contribution in [2.45, 2.75) is 12.8 Å². The molecular weight excluding hydrogens is 224 g/mol. The topological polar surface area (TPSA) is 53.4 Å². The molecule has 1 fully saturated rings. The van der Waals surface area contributed by atoms with E-state index in [1.54, 1.807) is 0 Å².